The summed E-state index contributed by atoms with van der Waals surface area (Å²) in [4.78, 5) is 42.6. The first kappa shape index (κ1) is 140. The number of piperazine rings is 1. The number of ether oxygens (including phenoxy) is 1. The Balaban J connectivity index is -0.000000143. The van der Waals surface area contributed by atoms with Crippen molar-refractivity contribution in [3.8, 4) is 0 Å². The van der Waals surface area contributed by atoms with Gasteiger partial charge in [-0.15, -0.1) is 0 Å². The SMILES string of the molecule is CC(=O)C(C)(C)N1CCN(CC(C)(C)C)CC1.CC(C)(C)C[N+](C)(C)C.CC(C)(C)C[N+](C)(C)C.CCCN(CC(=O)O)CC(C)(C)C.CCC[N+](C)(C)CC(C)(C)C.CCN(C)CC(C)(C)C.COC(=O)C(C)(C)CCC(C)(C)C.Cc1ccc(C[N+](C)(C)CC(C)(C)C)cc1.Cc1ccc(C[N+]2(CC(C)(C)C)CCCC2)cc1.[Br-].[Br-].[Br-].[Cl-].[I-]. The summed E-state index contributed by atoms with van der Waals surface area (Å²) in [6.07, 6.45) is 7.01. The van der Waals surface area contributed by atoms with Gasteiger partial charge in [0.15, 0.2) is 0 Å². The van der Waals surface area contributed by atoms with E-state index in [-0.39, 0.29) is 127 Å². The van der Waals surface area contributed by atoms with Gasteiger partial charge in [0.25, 0.3) is 0 Å². The fourth-order valence-corrected chi connectivity index (χ4v) is 16.5. The number of benzene rings is 2. The van der Waals surface area contributed by atoms with Crippen LogP contribution in [0.4, 0.5) is 0 Å². The monoisotopic (exact) mass is 2030 g/mol. The molecule has 19 heteroatoms. The molecule has 0 radical (unpaired) electrons. The van der Waals surface area contributed by atoms with Crippen LogP contribution in [0.5, 0.6) is 0 Å². The summed E-state index contributed by atoms with van der Waals surface area (Å²) in [5.74, 6) is -0.587. The van der Waals surface area contributed by atoms with E-state index in [1.807, 2.05) is 32.6 Å². The van der Waals surface area contributed by atoms with Gasteiger partial charge in [0, 0.05) is 96.9 Å². The van der Waals surface area contributed by atoms with Crippen LogP contribution in [0.15, 0.2) is 48.5 Å². The number of methoxy groups -OCH3 is 1. The first-order chi connectivity index (χ1) is 50.9. The highest BCUT2D eigenvalue weighted by Gasteiger charge is 2.38. The normalized spacial score (nSPS) is 14.5. The molecule has 722 valence electrons. The van der Waals surface area contributed by atoms with E-state index in [1.165, 1.54) is 119 Å². The van der Waals surface area contributed by atoms with Crippen LogP contribution < -0.4 is 87.3 Å². The molecule has 2 aromatic rings. The number of quaternary nitrogens is 5. The van der Waals surface area contributed by atoms with Gasteiger partial charge in [0.1, 0.15) is 18.9 Å². The summed E-state index contributed by atoms with van der Waals surface area (Å²) < 4.78 is 10.4. The van der Waals surface area contributed by atoms with Gasteiger partial charge < -0.3 is 129 Å². The zero-order chi connectivity index (χ0) is 92.1. The molecule has 0 unspecified atom stereocenters. The van der Waals surface area contributed by atoms with E-state index >= 15 is 0 Å². The zero-order valence-corrected chi connectivity index (χ0v) is 96.7. The van der Waals surface area contributed by atoms with Crippen molar-refractivity contribution in [3.63, 3.8) is 0 Å². The van der Waals surface area contributed by atoms with E-state index < -0.39 is 5.97 Å². The van der Waals surface area contributed by atoms with Gasteiger partial charge in [-0.3, -0.25) is 24.2 Å². The molecule has 0 spiro atoms. The Morgan fingerprint density at radius 3 is 1.12 bits per heavy atom. The second kappa shape index (κ2) is 60.9. The lowest BCUT2D eigenvalue weighted by molar-refractivity contribution is -0.935. The van der Waals surface area contributed by atoms with Crippen LogP contribution in [0.3, 0.4) is 0 Å². The van der Waals surface area contributed by atoms with Gasteiger partial charge >= 0.3 is 11.9 Å². The summed E-state index contributed by atoms with van der Waals surface area (Å²) in [7, 11) is 26.2. The summed E-state index contributed by atoms with van der Waals surface area (Å²) >= 11 is 0. The van der Waals surface area contributed by atoms with Crippen LogP contribution in [0.2, 0.25) is 0 Å². The van der Waals surface area contributed by atoms with Gasteiger partial charge in [0.2, 0.25) is 0 Å². The number of likely N-dealkylation sites (tertiary alicyclic amines) is 1. The molecule has 0 amide bonds. The molecule has 0 aliphatic carbocycles. The van der Waals surface area contributed by atoms with Crippen LogP contribution in [-0.2, 0) is 32.2 Å². The van der Waals surface area contributed by atoms with E-state index in [9.17, 15) is 14.4 Å². The minimum absolute atomic E-state index is 0. The predicted molar refractivity (Wildman–Crippen MR) is 509 cm³/mol. The maximum Gasteiger partial charge on any atom is 0.317 e. The van der Waals surface area contributed by atoms with Crippen molar-refractivity contribution >= 4 is 17.7 Å². The molecule has 1 N–H and O–H groups in total. The first-order valence-electron chi connectivity index (χ1n) is 44.8. The molecule has 2 saturated heterocycles. The number of Topliss-reactive ketones (excluding diaryl/α,β-unsaturated/α-hetero) is 1. The molecular formula is C101H208Br3ClIN9O5. The lowest BCUT2D eigenvalue weighted by Crippen LogP contribution is -3.00. The van der Waals surface area contributed by atoms with Crippen LogP contribution in [-0.4, -0.2) is 273 Å². The Kier molecular flexibility index (Phi) is 70.9. The lowest BCUT2D eigenvalue weighted by atomic mass is 9.80. The number of nitrogens with zero attached hydrogens (tertiary/aromatic N) is 9. The van der Waals surface area contributed by atoms with E-state index in [0.29, 0.717) is 37.9 Å². The third-order valence-electron chi connectivity index (χ3n) is 19.1. The number of carboxylic acid groups (broad SMARTS) is 1. The van der Waals surface area contributed by atoms with Crippen LogP contribution in [0.25, 0.3) is 0 Å². The van der Waals surface area contributed by atoms with Gasteiger partial charge in [-0.25, -0.2) is 0 Å². The second-order valence-electron chi connectivity index (χ2n) is 50.5. The largest absolute Gasteiger partial charge is 1.00 e. The minimum atomic E-state index is -0.738. The van der Waals surface area contributed by atoms with E-state index in [0.717, 1.165) is 96.1 Å². The molecule has 2 aromatic carbocycles. The average molecular weight is 2030 g/mol. The fourth-order valence-electron chi connectivity index (χ4n) is 16.5. The summed E-state index contributed by atoms with van der Waals surface area (Å²) in [5, 5.41) is 8.67. The van der Waals surface area contributed by atoms with Crippen LogP contribution in [0.1, 0.15) is 303 Å². The van der Waals surface area contributed by atoms with Crippen molar-refractivity contribution in [1.29, 1.82) is 0 Å². The molecule has 0 atom stereocenters. The molecule has 2 heterocycles. The van der Waals surface area contributed by atoms with Crippen molar-refractivity contribution in [3.05, 3.63) is 70.8 Å². The maximum atomic E-state index is 11.6. The number of esters is 1. The number of carbonyl (C=O) groups excluding carboxylic acids is 2. The Hall–Kier alpha value is -0.850. The molecule has 120 heavy (non-hydrogen) atoms. The topological polar surface area (TPSA) is 93.6 Å². The Morgan fingerprint density at radius 1 is 0.483 bits per heavy atom. The highest BCUT2D eigenvalue weighted by Crippen LogP contribution is 2.33. The van der Waals surface area contributed by atoms with Crippen molar-refractivity contribution < 1.29 is 134 Å². The third kappa shape index (κ3) is 89.1. The minimum Gasteiger partial charge on any atom is -1.00 e. The molecule has 0 bridgehead atoms. The summed E-state index contributed by atoms with van der Waals surface area (Å²) in [6.45, 7) is 104. The van der Waals surface area contributed by atoms with E-state index in [1.54, 1.807) is 6.92 Å². The van der Waals surface area contributed by atoms with Crippen LogP contribution in [0, 0.1) is 68.0 Å². The molecule has 0 saturated carbocycles. The molecule has 4 rings (SSSR count). The van der Waals surface area contributed by atoms with Crippen molar-refractivity contribution in [2.75, 3.05) is 202 Å². The van der Waals surface area contributed by atoms with Crippen molar-refractivity contribution in [1.82, 2.24) is 19.6 Å². The number of rotatable bonds is 24. The summed E-state index contributed by atoms with van der Waals surface area (Å²) in [6, 6.07) is 18.0. The van der Waals surface area contributed by atoms with Gasteiger partial charge in [-0.05, 0) is 116 Å². The van der Waals surface area contributed by atoms with E-state index in [2.05, 4.69) is 362 Å². The van der Waals surface area contributed by atoms with Gasteiger partial charge in [-0.2, -0.15) is 0 Å². The van der Waals surface area contributed by atoms with Crippen molar-refractivity contribution in [2.45, 2.75) is 313 Å². The smallest absolute Gasteiger partial charge is 0.317 e. The van der Waals surface area contributed by atoms with Crippen molar-refractivity contribution in [2.24, 2.45) is 54.1 Å². The number of carbonyl (C=O) groups is 3. The summed E-state index contributed by atoms with van der Waals surface area (Å²) in [5.41, 5.74) is 8.44. The Bertz CT molecular complexity index is 2840. The molecular weight excluding hydrogens is 1820 g/mol. The number of hydrogen-bond acceptors (Lipinski definition) is 8. The Labute approximate surface area is 805 Å². The number of carboxylic acids is 1. The number of halogens is 5. The molecule has 0 aromatic heterocycles. The predicted octanol–water partition coefficient (Wildman–Crippen LogP) is 7.63. The van der Waals surface area contributed by atoms with E-state index in [4.69, 9.17) is 9.84 Å². The van der Waals surface area contributed by atoms with Gasteiger partial charge in [0.05, 0.1) is 147 Å². The lowest BCUT2D eigenvalue weighted by Gasteiger charge is -2.44. The number of ketones is 1. The molecule has 14 nitrogen and oxygen atoms in total. The highest BCUT2D eigenvalue weighted by molar-refractivity contribution is 5.85. The quantitative estimate of drug-likeness (QED) is 0.0648. The number of hydrogen-bond donors (Lipinski definition) is 1. The van der Waals surface area contributed by atoms with Gasteiger partial charge in [-0.1, -0.05) is 267 Å². The molecule has 2 fully saturated rings. The first-order valence-corrected chi connectivity index (χ1v) is 44.8. The maximum absolute atomic E-state index is 11.6. The average Bonchev–Trinajstić information content (AvgIpc) is 1.52. The third-order valence-corrected chi connectivity index (χ3v) is 19.1. The number of aliphatic carboxylic acids is 1. The van der Waals surface area contributed by atoms with Crippen LogP contribution >= 0.6 is 0 Å². The number of aryl methyl sites for hydroxylation is 2. The molecule has 2 aliphatic rings. The zero-order valence-electron chi connectivity index (χ0n) is 89.0. The fraction of sp³-hybridized carbons (Fsp3) is 0.851. The second-order valence-corrected chi connectivity index (χ2v) is 50.5. The highest BCUT2D eigenvalue weighted by atomic mass is 127. The standard InChI is InChI=1S/C17H28N.C15H26N.C14H28N2O.C11H22O2.C10H21NO2.C10H24N.2C8H20N.C8H19N.3BrH.ClH.HI/c1-15-7-9-16(10-8-15)13-18(11-5-6-12-18)14-17(2,3)4;1-13-7-9-14(10-8-13)11-16(5,6)12-15(2,3)4;1-12(17)14(5,6)16-9-7-15(8-10-16)11-13(2,3)4;1-10(2,3)7-8-11(4,5)9(12)13-6;1-5-6-11(7-9(12)13)8-10(2,3)4;1-7-8-11(5,6)9-10(2,3)4;2*1-8(2,3)7-9(4,5)6;1-6-9(5)7-8(2,3)4;;;;;/h7-10H,5-6,11-14H2,1-4H3;7-10H,11-12H2,1-6H3;7-11H2,1-6H3;7-8H2,1-6H3;5-8H2,1-4H3,(H,12,13);7-9H2,1-6H3;2*7H2,1-6H3;6-7H2,1-5H3;5*1H/q2*+1;;;;3*+1;;;;;;/p-5. The Morgan fingerprint density at radius 2 is 0.850 bits per heavy atom. The molecule has 2 aliphatic heterocycles.